The van der Waals surface area contributed by atoms with Crippen LogP contribution >= 0.6 is 27.7 Å². The fourth-order valence-electron chi connectivity index (χ4n) is 2.30. The zero-order valence-corrected chi connectivity index (χ0v) is 14.0. The standard InChI is InChI=1S/C14H17BrN2O3S/c1-2-3-12-17(11(7-21-12)14(19)20)13(18)8-4-5-10(16)9(15)6-8/h4-6,11-12H,2-3,7,16H2,1H3,(H,19,20). The number of hydrogen-bond donors (Lipinski definition) is 2. The molecule has 1 saturated heterocycles. The van der Waals surface area contributed by atoms with Crippen molar-refractivity contribution in [2.75, 3.05) is 11.5 Å². The largest absolute Gasteiger partial charge is 0.480 e. The second-order valence-electron chi connectivity index (χ2n) is 4.88. The highest BCUT2D eigenvalue weighted by Crippen LogP contribution is 2.34. The van der Waals surface area contributed by atoms with Crippen molar-refractivity contribution in [3.8, 4) is 0 Å². The molecule has 0 radical (unpaired) electrons. The van der Waals surface area contributed by atoms with Gasteiger partial charge in [0.1, 0.15) is 6.04 Å². The highest BCUT2D eigenvalue weighted by Gasteiger charge is 2.41. The molecule has 1 amide bonds. The van der Waals surface area contributed by atoms with E-state index in [9.17, 15) is 14.7 Å². The molecule has 0 spiro atoms. The van der Waals surface area contributed by atoms with Gasteiger partial charge >= 0.3 is 5.97 Å². The smallest absolute Gasteiger partial charge is 0.327 e. The fraction of sp³-hybridized carbons (Fsp3) is 0.429. The van der Waals surface area contributed by atoms with Gasteiger partial charge in [0.2, 0.25) is 0 Å². The molecule has 1 aromatic carbocycles. The predicted octanol–water partition coefficient (Wildman–Crippen LogP) is 2.80. The number of halogens is 1. The van der Waals surface area contributed by atoms with E-state index < -0.39 is 12.0 Å². The highest BCUT2D eigenvalue weighted by molar-refractivity contribution is 9.10. The van der Waals surface area contributed by atoms with Gasteiger partial charge in [-0.3, -0.25) is 4.79 Å². The van der Waals surface area contributed by atoms with E-state index in [-0.39, 0.29) is 11.3 Å². The van der Waals surface area contributed by atoms with Gasteiger partial charge in [-0.15, -0.1) is 11.8 Å². The molecule has 5 nitrogen and oxygen atoms in total. The second-order valence-corrected chi connectivity index (χ2v) is 6.94. The number of carboxylic acids is 1. The molecule has 0 aromatic heterocycles. The molecule has 2 atom stereocenters. The summed E-state index contributed by atoms with van der Waals surface area (Å²) >= 11 is 4.83. The molecule has 2 unspecified atom stereocenters. The van der Waals surface area contributed by atoms with Gasteiger partial charge < -0.3 is 15.7 Å². The van der Waals surface area contributed by atoms with Gasteiger partial charge in [0.05, 0.1) is 5.37 Å². The third-order valence-corrected chi connectivity index (χ3v) is 5.44. The number of nitrogen functional groups attached to an aromatic ring is 1. The molecule has 7 heteroatoms. The number of nitrogens with zero attached hydrogens (tertiary/aromatic N) is 1. The van der Waals surface area contributed by atoms with Crippen LogP contribution in [-0.2, 0) is 4.79 Å². The Hall–Kier alpha value is -1.21. The first-order valence-electron chi connectivity index (χ1n) is 6.67. The van der Waals surface area contributed by atoms with Crippen LogP contribution < -0.4 is 5.73 Å². The maximum absolute atomic E-state index is 12.7. The van der Waals surface area contributed by atoms with Crippen LogP contribution in [0.4, 0.5) is 5.69 Å². The number of carboxylic acid groups (broad SMARTS) is 1. The van der Waals surface area contributed by atoms with Crippen molar-refractivity contribution in [1.29, 1.82) is 0 Å². The average molecular weight is 373 g/mol. The molecule has 1 aromatic rings. The third-order valence-electron chi connectivity index (χ3n) is 3.40. The van der Waals surface area contributed by atoms with Crippen molar-refractivity contribution in [2.45, 2.75) is 31.2 Å². The van der Waals surface area contributed by atoms with Gasteiger partial charge in [-0.2, -0.15) is 0 Å². The Kier molecular flexibility index (Phi) is 5.16. The summed E-state index contributed by atoms with van der Waals surface area (Å²) in [6.45, 7) is 2.02. The number of thioether (sulfide) groups is 1. The maximum atomic E-state index is 12.7. The second kappa shape index (κ2) is 6.70. The number of nitrogens with two attached hydrogens (primary N) is 1. The summed E-state index contributed by atoms with van der Waals surface area (Å²) in [5.74, 6) is -0.780. The lowest BCUT2D eigenvalue weighted by atomic mass is 10.1. The summed E-state index contributed by atoms with van der Waals surface area (Å²) in [5.41, 5.74) is 6.72. The number of carbonyl (C=O) groups is 2. The van der Waals surface area contributed by atoms with Crippen molar-refractivity contribution >= 4 is 45.3 Å². The summed E-state index contributed by atoms with van der Waals surface area (Å²) in [7, 11) is 0. The van der Waals surface area contributed by atoms with E-state index in [1.54, 1.807) is 18.2 Å². The Labute approximate surface area is 136 Å². The predicted molar refractivity (Wildman–Crippen MR) is 87.3 cm³/mol. The van der Waals surface area contributed by atoms with E-state index in [4.69, 9.17) is 5.73 Å². The minimum absolute atomic E-state index is 0.0834. The van der Waals surface area contributed by atoms with Gasteiger partial charge in [-0.25, -0.2) is 4.79 Å². The minimum Gasteiger partial charge on any atom is -0.480 e. The summed E-state index contributed by atoms with van der Waals surface area (Å²) in [6.07, 6.45) is 1.69. The molecule has 3 N–H and O–H groups in total. The maximum Gasteiger partial charge on any atom is 0.327 e. The summed E-state index contributed by atoms with van der Waals surface area (Å²) < 4.78 is 0.638. The number of amides is 1. The molecule has 1 aliphatic rings. The van der Waals surface area contributed by atoms with Crippen LogP contribution in [0, 0.1) is 0 Å². The van der Waals surface area contributed by atoms with Gasteiger partial charge in [-0.05, 0) is 40.5 Å². The fourth-order valence-corrected chi connectivity index (χ4v) is 4.20. The monoisotopic (exact) mass is 372 g/mol. The van der Waals surface area contributed by atoms with E-state index in [0.29, 0.717) is 21.5 Å². The van der Waals surface area contributed by atoms with Crippen LogP contribution in [0.2, 0.25) is 0 Å². The topological polar surface area (TPSA) is 83.6 Å². The summed E-state index contributed by atoms with van der Waals surface area (Å²) in [6, 6.07) is 4.15. The first kappa shape index (κ1) is 16.2. The number of anilines is 1. The van der Waals surface area contributed by atoms with Crippen LogP contribution in [0.15, 0.2) is 22.7 Å². The van der Waals surface area contributed by atoms with E-state index in [1.165, 1.54) is 16.7 Å². The molecule has 1 heterocycles. The number of aliphatic carboxylic acids is 1. The molecule has 0 aliphatic carbocycles. The number of hydrogen-bond acceptors (Lipinski definition) is 4. The first-order valence-corrected chi connectivity index (χ1v) is 8.52. The van der Waals surface area contributed by atoms with Crippen molar-refractivity contribution in [2.24, 2.45) is 0 Å². The zero-order valence-electron chi connectivity index (χ0n) is 11.6. The molecular weight excluding hydrogens is 356 g/mol. The van der Waals surface area contributed by atoms with Crippen molar-refractivity contribution in [3.05, 3.63) is 28.2 Å². The normalized spacial score (nSPS) is 21.5. The Bertz CT molecular complexity index is 567. The lowest BCUT2D eigenvalue weighted by Crippen LogP contribution is -2.45. The lowest BCUT2D eigenvalue weighted by molar-refractivity contribution is -0.141. The molecule has 114 valence electrons. The SMILES string of the molecule is CCCC1SCC(C(=O)O)N1C(=O)c1ccc(N)c(Br)c1. The Morgan fingerprint density at radius 1 is 1.52 bits per heavy atom. The average Bonchev–Trinajstić information content (AvgIpc) is 2.85. The molecule has 21 heavy (non-hydrogen) atoms. The van der Waals surface area contributed by atoms with Crippen molar-refractivity contribution in [1.82, 2.24) is 4.90 Å². The molecule has 0 saturated carbocycles. The van der Waals surface area contributed by atoms with Crippen LogP contribution in [0.25, 0.3) is 0 Å². The van der Waals surface area contributed by atoms with Crippen LogP contribution in [0.3, 0.4) is 0 Å². The number of carbonyl (C=O) groups excluding carboxylic acids is 1. The van der Waals surface area contributed by atoms with Gasteiger partial charge in [0, 0.05) is 21.5 Å². The van der Waals surface area contributed by atoms with Crippen LogP contribution in [0.1, 0.15) is 30.1 Å². The Balaban J connectivity index is 2.31. The number of benzene rings is 1. The Morgan fingerprint density at radius 2 is 2.24 bits per heavy atom. The summed E-state index contributed by atoms with van der Waals surface area (Å²) in [4.78, 5) is 25.6. The quantitative estimate of drug-likeness (QED) is 0.793. The van der Waals surface area contributed by atoms with E-state index >= 15 is 0 Å². The molecule has 1 fully saturated rings. The van der Waals surface area contributed by atoms with Gasteiger partial charge in [-0.1, -0.05) is 13.3 Å². The third kappa shape index (κ3) is 3.35. The van der Waals surface area contributed by atoms with E-state index in [1.807, 2.05) is 6.92 Å². The Morgan fingerprint density at radius 3 is 2.81 bits per heavy atom. The highest BCUT2D eigenvalue weighted by atomic mass is 79.9. The number of rotatable bonds is 4. The van der Waals surface area contributed by atoms with Crippen molar-refractivity contribution < 1.29 is 14.7 Å². The molecule has 2 rings (SSSR count). The zero-order chi connectivity index (χ0) is 15.6. The molecule has 1 aliphatic heterocycles. The summed E-state index contributed by atoms with van der Waals surface area (Å²) in [5, 5.41) is 9.24. The van der Waals surface area contributed by atoms with Gasteiger partial charge in [0.25, 0.3) is 5.91 Å². The molecule has 0 bridgehead atoms. The van der Waals surface area contributed by atoms with Crippen LogP contribution in [-0.4, -0.2) is 39.1 Å². The van der Waals surface area contributed by atoms with Crippen LogP contribution in [0.5, 0.6) is 0 Å². The molecular formula is C14H17BrN2O3S. The van der Waals surface area contributed by atoms with E-state index in [0.717, 1.165) is 12.8 Å². The minimum atomic E-state index is -0.955. The first-order chi connectivity index (χ1) is 9.95. The van der Waals surface area contributed by atoms with Crippen molar-refractivity contribution in [3.63, 3.8) is 0 Å². The van der Waals surface area contributed by atoms with E-state index in [2.05, 4.69) is 15.9 Å². The van der Waals surface area contributed by atoms with Gasteiger partial charge in [0.15, 0.2) is 0 Å². The lowest BCUT2D eigenvalue weighted by Gasteiger charge is -2.27.